The molecule has 1 aromatic rings. The molecule has 0 saturated carbocycles. The molecule has 0 amide bonds. The second kappa shape index (κ2) is 8.87. The van der Waals surface area contributed by atoms with Crippen LogP contribution in [0.25, 0.3) is 0 Å². The summed E-state index contributed by atoms with van der Waals surface area (Å²) in [5.41, 5.74) is 1.74. The van der Waals surface area contributed by atoms with Crippen LogP contribution in [0.15, 0.2) is 18.2 Å². The van der Waals surface area contributed by atoms with E-state index in [1.54, 1.807) is 28.3 Å². The van der Waals surface area contributed by atoms with Gasteiger partial charge in [0.05, 0.1) is 26.4 Å². The molecule has 5 nitrogen and oxygen atoms in total. The Morgan fingerprint density at radius 3 is 2.38 bits per heavy atom. The van der Waals surface area contributed by atoms with E-state index in [0.717, 1.165) is 11.3 Å². The predicted octanol–water partition coefficient (Wildman–Crippen LogP) is 2.24. The van der Waals surface area contributed by atoms with E-state index < -0.39 is 6.10 Å². The van der Waals surface area contributed by atoms with E-state index in [2.05, 4.69) is 11.8 Å². The molecule has 0 radical (unpaired) electrons. The molecule has 0 aliphatic carbocycles. The van der Waals surface area contributed by atoms with Crippen LogP contribution < -0.4 is 9.64 Å². The molecule has 0 aliphatic rings. The van der Waals surface area contributed by atoms with Gasteiger partial charge in [-0.15, -0.1) is 0 Å². The molecule has 0 spiro atoms. The Morgan fingerprint density at radius 1 is 1.14 bits per heavy atom. The lowest BCUT2D eigenvalue weighted by molar-refractivity contribution is 0.169. The number of aliphatic hydroxyl groups is 1. The van der Waals surface area contributed by atoms with Crippen molar-refractivity contribution in [3.05, 3.63) is 23.8 Å². The van der Waals surface area contributed by atoms with Gasteiger partial charge in [-0.25, -0.2) is 0 Å². The minimum absolute atomic E-state index is 0.162. The SMILES string of the molecule is COCCN(c1cccc(OC)c1[C@@H](C)O)C(C)COC. The molecule has 2 atom stereocenters. The van der Waals surface area contributed by atoms with E-state index in [4.69, 9.17) is 14.2 Å². The van der Waals surface area contributed by atoms with Crippen LogP contribution in [0.1, 0.15) is 25.5 Å². The maximum absolute atomic E-state index is 10.1. The highest BCUT2D eigenvalue weighted by Crippen LogP contribution is 2.35. The number of aliphatic hydroxyl groups excluding tert-OH is 1. The first-order valence-electron chi connectivity index (χ1n) is 7.16. The average molecular weight is 297 g/mol. The minimum atomic E-state index is -0.615. The molecular weight excluding hydrogens is 270 g/mol. The van der Waals surface area contributed by atoms with Crippen LogP contribution in [-0.4, -0.2) is 52.2 Å². The molecule has 1 rings (SSSR count). The Balaban J connectivity index is 3.22. The van der Waals surface area contributed by atoms with Crippen molar-refractivity contribution in [1.82, 2.24) is 0 Å². The quantitative estimate of drug-likeness (QED) is 0.757. The van der Waals surface area contributed by atoms with Crippen LogP contribution in [0, 0.1) is 0 Å². The molecule has 120 valence electrons. The summed E-state index contributed by atoms with van der Waals surface area (Å²) in [5.74, 6) is 0.689. The maximum atomic E-state index is 10.1. The number of hydrogen-bond acceptors (Lipinski definition) is 5. The predicted molar refractivity (Wildman–Crippen MR) is 84.2 cm³/mol. The molecule has 21 heavy (non-hydrogen) atoms. The molecule has 0 bridgehead atoms. The number of methoxy groups -OCH3 is 3. The van der Waals surface area contributed by atoms with Crippen LogP contribution in [0.2, 0.25) is 0 Å². The van der Waals surface area contributed by atoms with Crippen molar-refractivity contribution in [3.63, 3.8) is 0 Å². The van der Waals surface area contributed by atoms with Crippen LogP contribution in [0.5, 0.6) is 5.75 Å². The highest BCUT2D eigenvalue weighted by Gasteiger charge is 2.22. The van der Waals surface area contributed by atoms with Crippen molar-refractivity contribution >= 4 is 5.69 Å². The molecule has 0 aromatic heterocycles. The zero-order chi connectivity index (χ0) is 15.8. The third kappa shape index (κ3) is 4.59. The standard InChI is InChI=1S/C16H27NO4/c1-12(11-20-4)17(9-10-19-3)14-7-6-8-15(21-5)16(14)13(2)18/h6-8,12-13,18H,9-11H2,1-5H3/t12?,13-/m1/s1. The van der Waals surface area contributed by atoms with E-state index in [-0.39, 0.29) is 6.04 Å². The van der Waals surface area contributed by atoms with Gasteiger partial charge in [0.2, 0.25) is 0 Å². The van der Waals surface area contributed by atoms with Crippen molar-refractivity contribution < 1.29 is 19.3 Å². The molecular formula is C16H27NO4. The second-order valence-corrected chi connectivity index (χ2v) is 5.06. The smallest absolute Gasteiger partial charge is 0.126 e. The van der Waals surface area contributed by atoms with Gasteiger partial charge in [-0.1, -0.05) is 6.07 Å². The third-order valence-electron chi connectivity index (χ3n) is 3.47. The normalized spacial score (nSPS) is 13.8. The summed E-state index contributed by atoms with van der Waals surface area (Å²) in [6.45, 7) is 5.75. The van der Waals surface area contributed by atoms with Gasteiger partial charge in [0.15, 0.2) is 0 Å². The summed E-state index contributed by atoms with van der Waals surface area (Å²) in [7, 11) is 4.98. The summed E-state index contributed by atoms with van der Waals surface area (Å²) in [6, 6.07) is 5.95. The molecule has 0 saturated heterocycles. The molecule has 1 aromatic carbocycles. The van der Waals surface area contributed by atoms with Gasteiger partial charge >= 0.3 is 0 Å². The Hall–Kier alpha value is -1.30. The zero-order valence-electron chi connectivity index (χ0n) is 13.6. The van der Waals surface area contributed by atoms with E-state index in [9.17, 15) is 5.11 Å². The van der Waals surface area contributed by atoms with Crippen molar-refractivity contribution in [2.75, 3.05) is 46.0 Å². The first kappa shape index (κ1) is 17.8. The van der Waals surface area contributed by atoms with E-state index in [0.29, 0.717) is 25.5 Å². The molecule has 0 heterocycles. The fraction of sp³-hybridized carbons (Fsp3) is 0.625. The van der Waals surface area contributed by atoms with Gasteiger partial charge in [0.25, 0.3) is 0 Å². The lowest BCUT2D eigenvalue weighted by Gasteiger charge is -2.33. The van der Waals surface area contributed by atoms with Gasteiger partial charge in [-0.2, -0.15) is 0 Å². The van der Waals surface area contributed by atoms with E-state index in [1.165, 1.54) is 0 Å². The number of rotatable bonds is 9. The monoisotopic (exact) mass is 297 g/mol. The lowest BCUT2D eigenvalue weighted by atomic mass is 10.0. The summed E-state index contributed by atoms with van der Waals surface area (Å²) in [6.07, 6.45) is -0.615. The second-order valence-electron chi connectivity index (χ2n) is 5.06. The first-order valence-corrected chi connectivity index (χ1v) is 7.16. The van der Waals surface area contributed by atoms with Gasteiger partial charge < -0.3 is 24.2 Å². The Morgan fingerprint density at radius 2 is 1.86 bits per heavy atom. The Kier molecular flexibility index (Phi) is 7.50. The Bertz CT molecular complexity index is 423. The van der Waals surface area contributed by atoms with E-state index >= 15 is 0 Å². The summed E-state index contributed by atoms with van der Waals surface area (Å²) < 4.78 is 15.9. The number of hydrogen-bond donors (Lipinski definition) is 1. The number of benzene rings is 1. The number of ether oxygens (including phenoxy) is 3. The van der Waals surface area contributed by atoms with Gasteiger partial charge in [-0.3, -0.25) is 0 Å². The Labute approximate surface area is 127 Å². The summed E-state index contributed by atoms with van der Waals surface area (Å²) in [4.78, 5) is 2.18. The average Bonchev–Trinajstić information content (AvgIpc) is 2.47. The molecule has 0 fully saturated rings. The van der Waals surface area contributed by atoms with Crippen molar-refractivity contribution in [1.29, 1.82) is 0 Å². The fourth-order valence-electron chi connectivity index (χ4n) is 2.48. The van der Waals surface area contributed by atoms with Crippen LogP contribution >= 0.6 is 0 Å². The van der Waals surface area contributed by atoms with Crippen molar-refractivity contribution in [3.8, 4) is 5.75 Å². The van der Waals surface area contributed by atoms with Crippen molar-refractivity contribution in [2.45, 2.75) is 26.0 Å². The zero-order valence-corrected chi connectivity index (χ0v) is 13.6. The van der Waals surface area contributed by atoms with E-state index in [1.807, 2.05) is 18.2 Å². The number of anilines is 1. The fourth-order valence-corrected chi connectivity index (χ4v) is 2.48. The van der Waals surface area contributed by atoms with Gasteiger partial charge in [0, 0.05) is 38.1 Å². The lowest BCUT2D eigenvalue weighted by Crippen LogP contribution is -2.39. The van der Waals surface area contributed by atoms with Crippen molar-refractivity contribution in [2.24, 2.45) is 0 Å². The molecule has 1 unspecified atom stereocenters. The molecule has 0 aliphatic heterocycles. The topological polar surface area (TPSA) is 51.2 Å². The number of nitrogens with zero attached hydrogens (tertiary/aromatic N) is 1. The van der Waals surface area contributed by atoms with Crippen LogP contribution in [-0.2, 0) is 9.47 Å². The van der Waals surface area contributed by atoms with Crippen LogP contribution in [0.3, 0.4) is 0 Å². The summed E-state index contributed by atoms with van der Waals surface area (Å²) in [5, 5.41) is 10.1. The highest BCUT2D eigenvalue weighted by atomic mass is 16.5. The molecule has 1 N–H and O–H groups in total. The first-order chi connectivity index (χ1) is 10.1. The summed E-state index contributed by atoms with van der Waals surface area (Å²) >= 11 is 0. The van der Waals surface area contributed by atoms with Crippen LogP contribution in [0.4, 0.5) is 5.69 Å². The minimum Gasteiger partial charge on any atom is -0.496 e. The largest absolute Gasteiger partial charge is 0.496 e. The molecule has 5 heteroatoms. The maximum Gasteiger partial charge on any atom is 0.126 e. The third-order valence-corrected chi connectivity index (χ3v) is 3.47. The van der Waals surface area contributed by atoms with Gasteiger partial charge in [0.1, 0.15) is 5.75 Å². The highest BCUT2D eigenvalue weighted by molar-refractivity contribution is 5.61. The van der Waals surface area contributed by atoms with Gasteiger partial charge in [-0.05, 0) is 26.0 Å².